The van der Waals surface area contributed by atoms with Crippen LogP contribution in [0, 0.1) is 5.82 Å². The van der Waals surface area contributed by atoms with Crippen LogP contribution in [0.25, 0.3) is 5.69 Å². The van der Waals surface area contributed by atoms with Gasteiger partial charge in [-0.3, -0.25) is 4.79 Å². The molecule has 0 radical (unpaired) electrons. The Morgan fingerprint density at radius 1 is 1.41 bits per heavy atom. The van der Waals surface area contributed by atoms with Gasteiger partial charge in [-0.2, -0.15) is 5.10 Å². The van der Waals surface area contributed by atoms with E-state index in [-0.39, 0.29) is 11.7 Å². The van der Waals surface area contributed by atoms with E-state index in [1.807, 2.05) is 6.92 Å². The number of rotatable bonds is 6. The molecule has 118 valence electrons. The standard InChI is InChI=1S/C16H20FN3O2/c1-3-15-14(16(22)18-9-8-11(2)21)10-19-20(15)13-6-4-12(17)5-7-13/h4-7,10-11,21H,3,8-9H2,1-2H3,(H,18,22). The van der Waals surface area contributed by atoms with Crippen molar-refractivity contribution in [1.29, 1.82) is 0 Å². The van der Waals surface area contributed by atoms with Crippen molar-refractivity contribution in [2.75, 3.05) is 6.54 Å². The van der Waals surface area contributed by atoms with Crippen LogP contribution in [0.2, 0.25) is 0 Å². The van der Waals surface area contributed by atoms with Crippen molar-refractivity contribution in [3.8, 4) is 5.69 Å². The van der Waals surface area contributed by atoms with Crippen molar-refractivity contribution in [2.24, 2.45) is 0 Å². The van der Waals surface area contributed by atoms with Crippen molar-refractivity contribution >= 4 is 5.91 Å². The SMILES string of the molecule is CCc1c(C(=O)NCCC(C)O)cnn1-c1ccc(F)cc1. The van der Waals surface area contributed by atoms with Gasteiger partial charge in [0.25, 0.3) is 5.91 Å². The van der Waals surface area contributed by atoms with Crippen molar-refractivity contribution in [2.45, 2.75) is 32.8 Å². The Balaban J connectivity index is 2.20. The van der Waals surface area contributed by atoms with Crippen molar-refractivity contribution < 1.29 is 14.3 Å². The fraction of sp³-hybridized carbons (Fsp3) is 0.375. The minimum absolute atomic E-state index is 0.217. The zero-order chi connectivity index (χ0) is 16.1. The molecule has 1 aromatic heterocycles. The summed E-state index contributed by atoms with van der Waals surface area (Å²) < 4.78 is 14.7. The third-order valence-electron chi connectivity index (χ3n) is 3.37. The first-order valence-electron chi connectivity index (χ1n) is 7.32. The molecule has 0 bridgehead atoms. The molecule has 2 N–H and O–H groups in total. The summed E-state index contributed by atoms with van der Waals surface area (Å²) in [6.07, 6.45) is 2.18. The Hall–Kier alpha value is -2.21. The van der Waals surface area contributed by atoms with Gasteiger partial charge in [-0.1, -0.05) is 6.92 Å². The highest BCUT2D eigenvalue weighted by Crippen LogP contribution is 2.16. The van der Waals surface area contributed by atoms with Gasteiger partial charge in [-0.25, -0.2) is 9.07 Å². The molecule has 1 atom stereocenters. The molecule has 6 heteroatoms. The molecule has 1 unspecified atom stereocenters. The van der Waals surface area contributed by atoms with Crippen LogP contribution in [0.4, 0.5) is 4.39 Å². The predicted octanol–water partition coefficient (Wildman–Crippen LogP) is 2.07. The second-order valence-corrected chi connectivity index (χ2v) is 5.14. The summed E-state index contributed by atoms with van der Waals surface area (Å²) in [5.41, 5.74) is 1.97. The van der Waals surface area contributed by atoms with Gasteiger partial charge in [0.15, 0.2) is 0 Å². The lowest BCUT2D eigenvalue weighted by Crippen LogP contribution is -2.27. The third kappa shape index (κ3) is 3.71. The lowest BCUT2D eigenvalue weighted by atomic mass is 10.2. The average molecular weight is 305 g/mol. The lowest BCUT2D eigenvalue weighted by Gasteiger charge is -2.09. The molecule has 0 fully saturated rings. The maximum absolute atomic E-state index is 13.0. The van der Waals surface area contributed by atoms with Gasteiger partial charge in [0.2, 0.25) is 0 Å². The van der Waals surface area contributed by atoms with Crippen LogP contribution < -0.4 is 5.32 Å². The van der Waals surface area contributed by atoms with Crippen LogP contribution in [0.3, 0.4) is 0 Å². The third-order valence-corrected chi connectivity index (χ3v) is 3.37. The number of benzene rings is 1. The molecule has 0 aliphatic heterocycles. The molecule has 1 amide bonds. The Bertz CT molecular complexity index is 635. The van der Waals surface area contributed by atoms with E-state index in [1.54, 1.807) is 23.7 Å². The van der Waals surface area contributed by atoms with E-state index in [0.717, 1.165) is 5.69 Å². The van der Waals surface area contributed by atoms with E-state index in [4.69, 9.17) is 0 Å². The van der Waals surface area contributed by atoms with Crippen LogP contribution in [0.15, 0.2) is 30.5 Å². The second-order valence-electron chi connectivity index (χ2n) is 5.14. The van der Waals surface area contributed by atoms with Gasteiger partial charge in [0.1, 0.15) is 5.82 Å². The molecule has 5 nitrogen and oxygen atoms in total. The number of aliphatic hydroxyl groups is 1. The normalized spacial score (nSPS) is 12.2. The number of aromatic nitrogens is 2. The van der Waals surface area contributed by atoms with Gasteiger partial charge in [-0.05, 0) is 44.0 Å². The molecule has 0 aliphatic rings. The summed E-state index contributed by atoms with van der Waals surface area (Å²) in [6, 6.07) is 5.96. The maximum Gasteiger partial charge on any atom is 0.254 e. The Kier molecular flexibility index (Phi) is 5.27. The van der Waals surface area contributed by atoms with E-state index in [1.165, 1.54) is 18.3 Å². The Morgan fingerprint density at radius 2 is 2.09 bits per heavy atom. The van der Waals surface area contributed by atoms with Crippen LogP contribution in [-0.4, -0.2) is 33.4 Å². The molecule has 22 heavy (non-hydrogen) atoms. The van der Waals surface area contributed by atoms with E-state index in [0.29, 0.717) is 30.6 Å². The van der Waals surface area contributed by atoms with E-state index >= 15 is 0 Å². The first-order chi connectivity index (χ1) is 10.5. The number of carbonyl (C=O) groups is 1. The molecular weight excluding hydrogens is 285 g/mol. The lowest BCUT2D eigenvalue weighted by molar-refractivity contribution is 0.0944. The fourth-order valence-electron chi connectivity index (χ4n) is 2.20. The number of halogens is 1. The molecule has 1 aromatic carbocycles. The van der Waals surface area contributed by atoms with Crippen LogP contribution in [-0.2, 0) is 6.42 Å². The van der Waals surface area contributed by atoms with Crippen LogP contribution in [0.5, 0.6) is 0 Å². The van der Waals surface area contributed by atoms with E-state index in [9.17, 15) is 14.3 Å². The number of carbonyl (C=O) groups excluding carboxylic acids is 1. The molecular formula is C16H20FN3O2. The molecule has 0 spiro atoms. The predicted molar refractivity (Wildman–Crippen MR) is 81.5 cm³/mol. The zero-order valence-electron chi connectivity index (χ0n) is 12.7. The van der Waals surface area contributed by atoms with E-state index < -0.39 is 6.10 Å². The highest BCUT2D eigenvalue weighted by Gasteiger charge is 2.17. The van der Waals surface area contributed by atoms with Crippen molar-refractivity contribution in [3.63, 3.8) is 0 Å². The van der Waals surface area contributed by atoms with Gasteiger partial charge < -0.3 is 10.4 Å². The fourth-order valence-corrected chi connectivity index (χ4v) is 2.20. The van der Waals surface area contributed by atoms with Crippen molar-refractivity contribution in [3.05, 3.63) is 47.5 Å². The number of hydrogen-bond donors (Lipinski definition) is 2. The summed E-state index contributed by atoms with van der Waals surface area (Å²) in [5, 5.41) is 16.2. The van der Waals surface area contributed by atoms with Gasteiger partial charge in [0.05, 0.1) is 29.2 Å². The molecule has 2 aromatic rings. The van der Waals surface area contributed by atoms with Crippen LogP contribution in [0.1, 0.15) is 36.3 Å². The summed E-state index contributed by atoms with van der Waals surface area (Å²) >= 11 is 0. The number of nitrogens with one attached hydrogen (secondary N) is 1. The second kappa shape index (κ2) is 7.17. The maximum atomic E-state index is 13.0. The molecule has 2 rings (SSSR count). The molecule has 0 saturated carbocycles. The average Bonchev–Trinajstić information content (AvgIpc) is 2.91. The number of aliphatic hydroxyl groups excluding tert-OH is 1. The molecule has 1 heterocycles. The monoisotopic (exact) mass is 305 g/mol. The summed E-state index contributed by atoms with van der Waals surface area (Å²) in [5.74, 6) is -0.532. The smallest absolute Gasteiger partial charge is 0.254 e. The van der Waals surface area contributed by atoms with E-state index in [2.05, 4.69) is 10.4 Å². The molecule has 0 aliphatic carbocycles. The van der Waals surface area contributed by atoms with Gasteiger partial charge >= 0.3 is 0 Å². The summed E-state index contributed by atoms with van der Waals surface area (Å²) in [7, 11) is 0. The number of hydrogen-bond acceptors (Lipinski definition) is 3. The highest BCUT2D eigenvalue weighted by molar-refractivity contribution is 5.95. The van der Waals surface area contributed by atoms with Gasteiger partial charge in [0, 0.05) is 6.54 Å². The Morgan fingerprint density at radius 3 is 2.68 bits per heavy atom. The first-order valence-corrected chi connectivity index (χ1v) is 7.32. The largest absolute Gasteiger partial charge is 0.393 e. The van der Waals surface area contributed by atoms with Crippen LogP contribution >= 0.6 is 0 Å². The minimum atomic E-state index is -0.451. The van der Waals surface area contributed by atoms with Gasteiger partial charge in [-0.15, -0.1) is 0 Å². The quantitative estimate of drug-likeness (QED) is 0.858. The van der Waals surface area contributed by atoms with Crippen molar-refractivity contribution in [1.82, 2.24) is 15.1 Å². The number of nitrogens with zero attached hydrogens (tertiary/aromatic N) is 2. The topological polar surface area (TPSA) is 67.2 Å². The first kappa shape index (κ1) is 16.2. The molecule has 0 saturated heterocycles. The Labute approximate surface area is 128 Å². The highest BCUT2D eigenvalue weighted by atomic mass is 19.1. The summed E-state index contributed by atoms with van der Waals surface area (Å²) in [4.78, 5) is 12.2. The minimum Gasteiger partial charge on any atom is -0.393 e. The zero-order valence-corrected chi connectivity index (χ0v) is 12.7. The summed E-state index contributed by atoms with van der Waals surface area (Å²) in [6.45, 7) is 4.02. The number of amides is 1.